The number of nitrogens with zero attached hydrogens (tertiary/aromatic N) is 4. The minimum atomic E-state index is 0.191. The largest absolute Gasteiger partial charge is 0.439 e. The molecule has 6 heteroatoms. The normalized spacial score (nSPS) is 25.8. The summed E-state index contributed by atoms with van der Waals surface area (Å²) in [5, 5.41) is 0. The van der Waals surface area contributed by atoms with Crippen LogP contribution in [0.2, 0.25) is 0 Å². The van der Waals surface area contributed by atoms with Gasteiger partial charge in [0.25, 0.3) is 0 Å². The van der Waals surface area contributed by atoms with Crippen LogP contribution in [-0.2, 0) is 11.3 Å². The average Bonchev–Trinajstić information content (AvgIpc) is 3.17. The first-order valence-electron chi connectivity index (χ1n) is 9.16. The molecular formula is C19H26N4O2. The minimum Gasteiger partial charge on any atom is -0.439 e. The van der Waals surface area contributed by atoms with Crippen LogP contribution < -0.4 is 0 Å². The maximum atomic E-state index is 11.5. The average molecular weight is 342 g/mol. The van der Waals surface area contributed by atoms with Crippen LogP contribution in [0.1, 0.15) is 19.7 Å². The molecule has 134 valence electrons. The number of rotatable bonds is 3. The van der Waals surface area contributed by atoms with Gasteiger partial charge in [0.2, 0.25) is 11.8 Å². The van der Waals surface area contributed by atoms with Gasteiger partial charge >= 0.3 is 0 Å². The van der Waals surface area contributed by atoms with Crippen LogP contribution >= 0.6 is 0 Å². The van der Waals surface area contributed by atoms with Gasteiger partial charge in [-0.2, -0.15) is 0 Å². The fourth-order valence-electron chi connectivity index (χ4n) is 4.20. The highest BCUT2D eigenvalue weighted by Gasteiger charge is 2.35. The lowest BCUT2D eigenvalue weighted by Gasteiger charge is -2.39. The van der Waals surface area contributed by atoms with Crippen LogP contribution in [0.25, 0.3) is 11.1 Å². The number of aromatic nitrogens is 1. The Labute approximate surface area is 148 Å². The SMILES string of the molecule is CC(=O)N1CCN([C@@H]2CN(Cc3nc4ccccc4o3)C[C@H]2C)CC1. The predicted molar refractivity (Wildman–Crippen MR) is 96.1 cm³/mol. The van der Waals surface area contributed by atoms with Crippen LogP contribution in [0, 0.1) is 5.92 Å². The quantitative estimate of drug-likeness (QED) is 0.852. The standard InChI is InChI=1S/C19H26N4O2/c1-14-11-21(13-19-20-16-5-3-4-6-18(16)25-19)12-17(14)23-9-7-22(8-10-23)15(2)24/h3-6,14,17H,7-13H2,1-2H3/t14-,17-/m1/s1. The summed E-state index contributed by atoms with van der Waals surface area (Å²) < 4.78 is 5.88. The molecule has 25 heavy (non-hydrogen) atoms. The molecule has 2 saturated heterocycles. The number of oxazole rings is 1. The van der Waals surface area contributed by atoms with Gasteiger partial charge in [-0.3, -0.25) is 14.6 Å². The molecular weight excluding hydrogens is 316 g/mol. The van der Waals surface area contributed by atoms with E-state index >= 15 is 0 Å². The van der Waals surface area contributed by atoms with Gasteiger partial charge in [-0.25, -0.2) is 4.98 Å². The Bertz CT molecular complexity index is 718. The molecule has 0 bridgehead atoms. The van der Waals surface area contributed by atoms with Crippen molar-refractivity contribution in [1.82, 2.24) is 19.7 Å². The zero-order valence-electron chi connectivity index (χ0n) is 15.0. The molecule has 1 amide bonds. The number of carbonyl (C=O) groups is 1. The van der Waals surface area contributed by atoms with Crippen LogP contribution in [0.5, 0.6) is 0 Å². The third-order valence-corrected chi connectivity index (χ3v) is 5.57. The molecule has 1 aromatic heterocycles. The molecule has 0 N–H and O–H groups in total. The number of benzene rings is 1. The zero-order valence-corrected chi connectivity index (χ0v) is 15.0. The second kappa shape index (κ2) is 6.77. The molecule has 0 radical (unpaired) electrons. The Morgan fingerprint density at radius 1 is 1.20 bits per heavy atom. The Morgan fingerprint density at radius 3 is 2.68 bits per heavy atom. The molecule has 0 unspecified atom stereocenters. The van der Waals surface area contributed by atoms with Gasteiger partial charge in [0, 0.05) is 52.2 Å². The van der Waals surface area contributed by atoms with Crippen molar-refractivity contribution in [2.75, 3.05) is 39.3 Å². The third kappa shape index (κ3) is 3.41. The van der Waals surface area contributed by atoms with E-state index in [-0.39, 0.29) is 5.91 Å². The topological polar surface area (TPSA) is 52.8 Å². The Morgan fingerprint density at radius 2 is 1.96 bits per heavy atom. The molecule has 2 fully saturated rings. The van der Waals surface area contributed by atoms with Gasteiger partial charge in [-0.1, -0.05) is 19.1 Å². The third-order valence-electron chi connectivity index (χ3n) is 5.57. The maximum Gasteiger partial charge on any atom is 0.219 e. The lowest BCUT2D eigenvalue weighted by atomic mass is 10.0. The van der Waals surface area contributed by atoms with Crippen molar-refractivity contribution in [3.05, 3.63) is 30.2 Å². The van der Waals surface area contributed by atoms with Crippen molar-refractivity contribution in [1.29, 1.82) is 0 Å². The van der Waals surface area contributed by atoms with E-state index in [1.807, 2.05) is 29.2 Å². The molecule has 0 spiro atoms. The van der Waals surface area contributed by atoms with Crippen LogP contribution in [0.15, 0.2) is 28.7 Å². The summed E-state index contributed by atoms with van der Waals surface area (Å²) in [6.45, 7) is 10.5. The van der Waals surface area contributed by atoms with Gasteiger partial charge in [0.1, 0.15) is 5.52 Å². The van der Waals surface area contributed by atoms with Crippen LogP contribution in [0.4, 0.5) is 0 Å². The second-order valence-corrected chi connectivity index (χ2v) is 7.36. The monoisotopic (exact) mass is 342 g/mol. The molecule has 3 heterocycles. The number of amides is 1. The fraction of sp³-hybridized carbons (Fsp3) is 0.579. The van der Waals surface area contributed by atoms with Crippen molar-refractivity contribution in [2.45, 2.75) is 26.4 Å². The summed E-state index contributed by atoms with van der Waals surface area (Å²) in [4.78, 5) is 23.0. The molecule has 2 aromatic rings. The minimum absolute atomic E-state index is 0.191. The van der Waals surface area contributed by atoms with Gasteiger partial charge in [-0.15, -0.1) is 0 Å². The summed E-state index contributed by atoms with van der Waals surface area (Å²) in [5.41, 5.74) is 1.79. The second-order valence-electron chi connectivity index (χ2n) is 7.36. The van der Waals surface area contributed by atoms with E-state index in [4.69, 9.17) is 4.42 Å². The highest BCUT2D eigenvalue weighted by atomic mass is 16.3. The number of likely N-dealkylation sites (tertiary alicyclic amines) is 1. The summed E-state index contributed by atoms with van der Waals surface area (Å²) in [6, 6.07) is 8.48. The number of piperazine rings is 1. The van der Waals surface area contributed by atoms with Crippen molar-refractivity contribution >= 4 is 17.0 Å². The van der Waals surface area contributed by atoms with Crippen molar-refractivity contribution in [3.63, 3.8) is 0 Å². The van der Waals surface area contributed by atoms with E-state index in [0.717, 1.165) is 62.8 Å². The van der Waals surface area contributed by atoms with Gasteiger partial charge in [0.15, 0.2) is 5.58 Å². The summed E-state index contributed by atoms with van der Waals surface area (Å²) in [5.74, 6) is 1.61. The number of para-hydroxylation sites is 2. The Hall–Kier alpha value is -1.92. The molecule has 6 nitrogen and oxygen atoms in total. The highest BCUT2D eigenvalue weighted by molar-refractivity contribution is 5.73. The van der Waals surface area contributed by atoms with Crippen LogP contribution in [-0.4, -0.2) is 70.9 Å². The molecule has 0 saturated carbocycles. The van der Waals surface area contributed by atoms with E-state index in [0.29, 0.717) is 12.0 Å². The molecule has 0 aliphatic carbocycles. The number of carbonyl (C=O) groups excluding carboxylic acids is 1. The summed E-state index contributed by atoms with van der Waals surface area (Å²) in [7, 11) is 0. The smallest absolute Gasteiger partial charge is 0.219 e. The van der Waals surface area contributed by atoms with E-state index < -0.39 is 0 Å². The lowest BCUT2D eigenvalue weighted by molar-refractivity contribution is -0.130. The molecule has 4 rings (SSSR count). The van der Waals surface area contributed by atoms with Gasteiger partial charge < -0.3 is 9.32 Å². The summed E-state index contributed by atoms with van der Waals surface area (Å²) in [6.07, 6.45) is 0. The van der Waals surface area contributed by atoms with E-state index in [1.54, 1.807) is 6.92 Å². The predicted octanol–water partition coefficient (Wildman–Crippen LogP) is 1.81. The van der Waals surface area contributed by atoms with Crippen LogP contribution in [0.3, 0.4) is 0 Å². The zero-order chi connectivity index (χ0) is 17.4. The Balaban J connectivity index is 1.37. The van der Waals surface area contributed by atoms with E-state index in [9.17, 15) is 4.79 Å². The molecule has 2 aliphatic rings. The number of hydrogen-bond acceptors (Lipinski definition) is 5. The number of hydrogen-bond donors (Lipinski definition) is 0. The van der Waals surface area contributed by atoms with Crippen molar-refractivity contribution < 1.29 is 9.21 Å². The Kier molecular flexibility index (Phi) is 4.48. The maximum absolute atomic E-state index is 11.5. The van der Waals surface area contributed by atoms with E-state index in [1.165, 1.54) is 0 Å². The molecule has 2 aliphatic heterocycles. The lowest BCUT2D eigenvalue weighted by Crippen LogP contribution is -2.53. The first-order valence-corrected chi connectivity index (χ1v) is 9.16. The van der Waals surface area contributed by atoms with E-state index in [2.05, 4.69) is 21.7 Å². The van der Waals surface area contributed by atoms with Crippen molar-refractivity contribution in [2.24, 2.45) is 5.92 Å². The fourth-order valence-corrected chi connectivity index (χ4v) is 4.20. The highest BCUT2D eigenvalue weighted by Crippen LogP contribution is 2.25. The first kappa shape index (κ1) is 16.5. The van der Waals surface area contributed by atoms with Gasteiger partial charge in [-0.05, 0) is 18.1 Å². The molecule has 2 atom stereocenters. The molecule has 1 aromatic carbocycles. The first-order chi connectivity index (χ1) is 12.1. The van der Waals surface area contributed by atoms with Gasteiger partial charge in [0.05, 0.1) is 6.54 Å². The number of fused-ring (bicyclic) bond motifs is 1. The summed E-state index contributed by atoms with van der Waals surface area (Å²) >= 11 is 0. The van der Waals surface area contributed by atoms with Crippen molar-refractivity contribution in [3.8, 4) is 0 Å².